The molecule has 0 fully saturated rings. The molecule has 0 radical (unpaired) electrons. The summed E-state index contributed by atoms with van der Waals surface area (Å²) in [5.41, 5.74) is 1.31. The molecule has 2 rings (SSSR count). The highest BCUT2D eigenvalue weighted by molar-refractivity contribution is 7.10. The number of thiophene rings is 1. The number of hydrogen-bond donors (Lipinski definition) is 1. The van der Waals surface area contributed by atoms with Gasteiger partial charge in [-0.05, 0) is 29.3 Å². The van der Waals surface area contributed by atoms with E-state index in [1.165, 1.54) is 10.4 Å². The third-order valence-electron chi connectivity index (χ3n) is 3.83. The number of hydrogen-bond acceptors (Lipinski definition) is 4. The normalized spacial score (nSPS) is 16.3. The minimum Gasteiger partial charge on any atom is -0.383 e. The predicted molar refractivity (Wildman–Crippen MR) is 81.9 cm³/mol. The molecule has 1 aliphatic heterocycles. The van der Waals surface area contributed by atoms with Crippen LogP contribution in [0.15, 0.2) is 11.4 Å². The lowest BCUT2D eigenvalue weighted by molar-refractivity contribution is -0.131. The number of methoxy groups -OCH3 is 1. The number of carbonyl (C=O) groups is 1. The number of nitrogens with zero attached hydrogens (tertiary/aromatic N) is 1. The predicted octanol–water partition coefficient (Wildman–Crippen LogP) is 1.89. The van der Waals surface area contributed by atoms with E-state index < -0.39 is 0 Å². The topological polar surface area (TPSA) is 41.6 Å². The quantitative estimate of drug-likeness (QED) is 0.871. The average Bonchev–Trinajstić information content (AvgIpc) is 2.89. The standard InChI is InChI=1S/C15H24N2O2S/c1-11(2)13(10-19-3)16-8-15(18)17-6-4-14-12(9-17)5-7-20-14/h5,7,11,13,16H,4,6,8-10H2,1-3H3. The first kappa shape index (κ1) is 15.5. The van der Waals surface area contributed by atoms with Crippen molar-refractivity contribution in [2.45, 2.75) is 32.9 Å². The highest BCUT2D eigenvalue weighted by atomic mass is 32.1. The van der Waals surface area contributed by atoms with Gasteiger partial charge in [-0.2, -0.15) is 0 Å². The third kappa shape index (κ3) is 3.81. The maximum Gasteiger partial charge on any atom is 0.236 e. The summed E-state index contributed by atoms with van der Waals surface area (Å²) in [5, 5.41) is 5.44. The zero-order chi connectivity index (χ0) is 14.5. The van der Waals surface area contributed by atoms with Gasteiger partial charge in [0.05, 0.1) is 13.2 Å². The van der Waals surface area contributed by atoms with Crippen LogP contribution in [0.25, 0.3) is 0 Å². The van der Waals surface area contributed by atoms with Gasteiger partial charge in [0.2, 0.25) is 5.91 Å². The van der Waals surface area contributed by atoms with Crippen LogP contribution < -0.4 is 5.32 Å². The second-order valence-corrected chi connectivity index (χ2v) is 6.62. The van der Waals surface area contributed by atoms with Gasteiger partial charge in [0.25, 0.3) is 0 Å². The van der Waals surface area contributed by atoms with Crippen molar-refractivity contribution < 1.29 is 9.53 Å². The molecule has 2 heterocycles. The maximum atomic E-state index is 12.3. The Hall–Kier alpha value is -0.910. The summed E-state index contributed by atoms with van der Waals surface area (Å²) in [4.78, 5) is 15.7. The Morgan fingerprint density at radius 1 is 1.55 bits per heavy atom. The van der Waals surface area contributed by atoms with Crippen LogP contribution in [0.3, 0.4) is 0 Å². The van der Waals surface area contributed by atoms with Gasteiger partial charge in [0.1, 0.15) is 0 Å². The van der Waals surface area contributed by atoms with E-state index in [4.69, 9.17) is 4.74 Å². The first-order valence-corrected chi connectivity index (χ1v) is 8.05. The molecule has 0 aromatic carbocycles. The summed E-state index contributed by atoms with van der Waals surface area (Å²) >= 11 is 1.80. The van der Waals surface area contributed by atoms with Crippen molar-refractivity contribution in [2.75, 3.05) is 26.8 Å². The zero-order valence-corrected chi connectivity index (χ0v) is 13.3. The minimum atomic E-state index is 0.184. The number of amides is 1. The van der Waals surface area contributed by atoms with Crippen LogP contribution in [0.2, 0.25) is 0 Å². The number of fused-ring (bicyclic) bond motifs is 1. The summed E-state index contributed by atoms with van der Waals surface area (Å²) in [6.07, 6.45) is 0.990. The van der Waals surface area contributed by atoms with Crippen molar-refractivity contribution in [3.05, 3.63) is 21.9 Å². The van der Waals surface area contributed by atoms with Gasteiger partial charge in [0, 0.05) is 31.1 Å². The molecule has 0 saturated heterocycles. The van der Waals surface area contributed by atoms with Gasteiger partial charge in [-0.15, -0.1) is 11.3 Å². The van der Waals surface area contributed by atoms with Gasteiger partial charge in [-0.1, -0.05) is 13.8 Å². The maximum absolute atomic E-state index is 12.3. The van der Waals surface area contributed by atoms with Crippen molar-refractivity contribution in [3.8, 4) is 0 Å². The van der Waals surface area contributed by atoms with Gasteiger partial charge in [-0.25, -0.2) is 0 Å². The monoisotopic (exact) mass is 296 g/mol. The molecule has 1 aliphatic rings. The molecule has 20 heavy (non-hydrogen) atoms. The van der Waals surface area contributed by atoms with Crippen LogP contribution in [0.1, 0.15) is 24.3 Å². The minimum absolute atomic E-state index is 0.184. The van der Waals surface area contributed by atoms with E-state index in [-0.39, 0.29) is 11.9 Å². The Labute approximate surface area is 125 Å². The van der Waals surface area contributed by atoms with Crippen LogP contribution in [0, 0.1) is 5.92 Å². The van der Waals surface area contributed by atoms with E-state index in [0.29, 0.717) is 19.1 Å². The molecular weight excluding hydrogens is 272 g/mol. The van der Waals surface area contributed by atoms with Crippen molar-refractivity contribution in [2.24, 2.45) is 5.92 Å². The molecule has 1 aromatic rings. The van der Waals surface area contributed by atoms with Crippen LogP contribution in [-0.2, 0) is 22.5 Å². The van der Waals surface area contributed by atoms with Crippen molar-refractivity contribution in [1.29, 1.82) is 0 Å². The lowest BCUT2D eigenvalue weighted by Gasteiger charge is -2.28. The van der Waals surface area contributed by atoms with Crippen LogP contribution in [-0.4, -0.2) is 43.7 Å². The Morgan fingerprint density at radius 3 is 3.05 bits per heavy atom. The lowest BCUT2D eigenvalue weighted by atomic mass is 10.1. The molecule has 1 unspecified atom stereocenters. The Morgan fingerprint density at radius 2 is 2.35 bits per heavy atom. The summed E-state index contributed by atoms with van der Waals surface area (Å²) in [7, 11) is 1.70. The highest BCUT2D eigenvalue weighted by Crippen LogP contribution is 2.23. The van der Waals surface area contributed by atoms with Crippen molar-refractivity contribution in [3.63, 3.8) is 0 Å². The highest BCUT2D eigenvalue weighted by Gasteiger charge is 2.22. The molecule has 4 nitrogen and oxygen atoms in total. The molecule has 0 spiro atoms. The third-order valence-corrected chi connectivity index (χ3v) is 4.85. The fourth-order valence-electron chi connectivity index (χ4n) is 2.46. The van der Waals surface area contributed by atoms with Crippen LogP contribution in [0.4, 0.5) is 0 Å². The van der Waals surface area contributed by atoms with E-state index in [1.54, 1.807) is 18.4 Å². The number of rotatable bonds is 6. The molecule has 1 aromatic heterocycles. The molecule has 1 amide bonds. The van der Waals surface area contributed by atoms with Gasteiger partial charge in [-0.3, -0.25) is 4.79 Å². The molecule has 5 heteroatoms. The molecule has 1 N–H and O–H groups in total. The van der Waals surface area contributed by atoms with Crippen LogP contribution in [0.5, 0.6) is 0 Å². The summed E-state index contributed by atoms with van der Waals surface area (Å²) in [5.74, 6) is 0.635. The Bertz CT molecular complexity index is 445. The van der Waals surface area contributed by atoms with E-state index >= 15 is 0 Å². The largest absolute Gasteiger partial charge is 0.383 e. The smallest absolute Gasteiger partial charge is 0.236 e. The molecule has 0 aliphatic carbocycles. The SMILES string of the molecule is COCC(NCC(=O)N1CCc2sccc2C1)C(C)C. The molecular formula is C15H24N2O2S. The first-order chi connectivity index (χ1) is 9.61. The molecule has 1 atom stereocenters. The second-order valence-electron chi connectivity index (χ2n) is 5.62. The van der Waals surface area contributed by atoms with Gasteiger partial charge >= 0.3 is 0 Å². The second kappa shape index (κ2) is 7.20. The summed E-state index contributed by atoms with van der Waals surface area (Å²) in [6.45, 7) is 6.91. The Balaban J connectivity index is 1.83. The number of carbonyl (C=O) groups excluding carboxylic acids is 1. The van der Waals surface area contributed by atoms with E-state index in [2.05, 4.69) is 30.6 Å². The lowest BCUT2D eigenvalue weighted by Crippen LogP contribution is -2.46. The molecule has 0 bridgehead atoms. The summed E-state index contributed by atoms with van der Waals surface area (Å²) in [6, 6.07) is 2.36. The average molecular weight is 296 g/mol. The van der Waals surface area contributed by atoms with Gasteiger partial charge in [0.15, 0.2) is 0 Å². The fourth-order valence-corrected chi connectivity index (χ4v) is 3.35. The molecule has 112 valence electrons. The van der Waals surface area contributed by atoms with E-state index in [1.807, 2.05) is 4.90 Å². The van der Waals surface area contributed by atoms with E-state index in [0.717, 1.165) is 19.5 Å². The van der Waals surface area contributed by atoms with Crippen molar-refractivity contribution >= 4 is 17.2 Å². The number of ether oxygens (including phenoxy) is 1. The number of nitrogens with one attached hydrogen (secondary N) is 1. The molecule has 0 saturated carbocycles. The van der Waals surface area contributed by atoms with Crippen LogP contribution >= 0.6 is 11.3 Å². The van der Waals surface area contributed by atoms with Crippen molar-refractivity contribution in [1.82, 2.24) is 10.2 Å². The van der Waals surface area contributed by atoms with Gasteiger partial charge < -0.3 is 15.0 Å². The Kier molecular flexibility index (Phi) is 5.57. The van der Waals surface area contributed by atoms with E-state index in [9.17, 15) is 4.79 Å². The fraction of sp³-hybridized carbons (Fsp3) is 0.667. The first-order valence-electron chi connectivity index (χ1n) is 7.17. The summed E-state index contributed by atoms with van der Waals surface area (Å²) < 4.78 is 5.19. The zero-order valence-electron chi connectivity index (χ0n) is 12.5.